The lowest BCUT2D eigenvalue weighted by molar-refractivity contribution is 0.0126. The Labute approximate surface area is 126 Å². The fourth-order valence-electron chi connectivity index (χ4n) is 2.23. The van der Waals surface area contributed by atoms with Gasteiger partial charge in [0.1, 0.15) is 5.76 Å². The summed E-state index contributed by atoms with van der Waals surface area (Å²) in [6, 6.07) is 11.9. The number of aliphatic hydroxyl groups is 1. The first-order valence-corrected chi connectivity index (χ1v) is 7.16. The van der Waals surface area contributed by atoms with E-state index < -0.39 is 6.10 Å². The SMILES string of the molecule is Cc1occc1CN(C)CC(O)COCc1ccccc1. The van der Waals surface area contributed by atoms with E-state index in [9.17, 15) is 5.11 Å². The van der Waals surface area contributed by atoms with E-state index >= 15 is 0 Å². The highest BCUT2D eigenvalue weighted by Gasteiger charge is 2.11. The van der Waals surface area contributed by atoms with E-state index in [0.29, 0.717) is 19.8 Å². The third-order valence-electron chi connectivity index (χ3n) is 3.35. The Balaban J connectivity index is 1.67. The zero-order chi connectivity index (χ0) is 15.1. The molecule has 0 aliphatic rings. The second-order valence-corrected chi connectivity index (χ2v) is 5.35. The van der Waals surface area contributed by atoms with Crippen LogP contribution in [0.2, 0.25) is 0 Å². The minimum Gasteiger partial charge on any atom is -0.469 e. The molecule has 2 aromatic rings. The molecule has 0 radical (unpaired) electrons. The number of hydrogen-bond acceptors (Lipinski definition) is 4. The van der Waals surface area contributed by atoms with Gasteiger partial charge in [-0.25, -0.2) is 0 Å². The lowest BCUT2D eigenvalue weighted by Crippen LogP contribution is -2.31. The van der Waals surface area contributed by atoms with Crippen LogP contribution in [0.1, 0.15) is 16.9 Å². The van der Waals surface area contributed by atoms with Gasteiger partial charge >= 0.3 is 0 Å². The molecule has 1 N–H and O–H groups in total. The van der Waals surface area contributed by atoms with Crippen LogP contribution >= 0.6 is 0 Å². The lowest BCUT2D eigenvalue weighted by atomic mass is 10.2. The van der Waals surface area contributed by atoms with Crippen molar-refractivity contribution in [2.45, 2.75) is 26.2 Å². The molecule has 0 aliphatic carbocycles. The Bertz CT molecular complexity index is 524. The molecule has 1 aromatic carbocycles. The molecule has 114 valence electrons. The van der Waals surface area contributed by atoms with E-state index in [0.717, 1.165) is 23.4 Å². The molecule has 4 nitrogen and oxygen atoms in total. The van der Waals surface area contributed by atoms with Crippen LogP contribution in [0.3, 0.4) is 0 Å². The van der Waals surface area contributed by atoms with Gasteiger partial charge in [0.25, 0.3) is 0 Å². The van der Waals surface area contributed by atoms with Crippen LogP contribution in [0.4, 0.5) is 0 Å². The van der Waals surface area contributed by atoms with E-state index in [1.54, 1.807) is 6.26 Å². The molecule has 2 rings (SSSR count). The molecule has 1 aromatic heterocycles. The molecule has 0 amide bonds. The Kier molecular flexibility index (Phi) is 5.99. The summed E-state index contributed by atoms with van der Waals surface area (Å²) in [5.74, 6) is 0.927. The van der Waals surface area contributed by atoms with Gasteiger partial charge in [0.2, 0.25) is 0 Å². The van der Waals surface area contributed by atoms with E-state index in [2.05, 4.69) is 4.90 Å². The second kappa shape index (κ2) is 7.98. The maximum Gasteiger partial charge on any atom is 0.105 e. The normalized spacial score (nSPS) is 12.8. The van der Waals surface area contributed by atoms with Crippen molar-refractivity contribution < 1.29 is 14.3 Å². The largest absolute Gasteiger partial charge is 0.469 e. The molecule has 0 aliphatic heterocycles. The van der Waals surface area contributed by atoms with Crippen molar-refractivity contribution in [1.82, 2.24) is 4.90 Å². The minimum atomic E-state index is -0.495. The average Bonchev–Trinajstić information content (AvgIpc) is 2.85. The number of aryl methyl sites for hydroxylation is 1. The number of furan rings is 1. The molecule has 4 heteroatoms. The molecule has 0 bridgehead atoms. The summed E-state index contributed by atoms with van der Waals surface area (Å²) in [7, 11) is 1.98. The van der Waals surface area contributed by atoms with Crippen LogP contribution in [0.25, 0.3) is 0 Å². The summed E-state index contributed by atoms with van der Waals surface area (Å²) in [4.78, 5) is 2.06. The van der Waals surface area contributed by atoms with Crippen molar-refractivity contribution in [2.24, 2.45) is 0 Å². The van der Waals surface area contributed by atoms with Crippen molar-refractivity contribution in [2.75, 3.05) is 20.2 Å². The van der Waals surface area contributed by atoms with Gasteiger partial charge in [-0.15, -0.1) is 0 Å². The maximum absolute atomic E-state index is 10.0. The van der Waals surface area contributed by atoms with E-state index in [4.69, 9.17) is 9.15 Å². The van der Waals surface area contributed by atoms with Crippen molar-refractivity contribution in [1.29, 1.82) is 0 Å². The van der Waals surface area contributed by atoms with Crippen molar-refractivity contribution in [3.8, 4) is 0 Å². The van der Waals surface area contributed by atoms with Gasteiger partial charge in [0, 0.05) is 18.7 Å². The first kappa shape index (κ1) is 15.8. The van der Waals surface area contributed by atoms with Crippen molar-refractivity contribution in [3.05, 3.63) is 59.5 Å². The van der Waals surface area contributed by atoms with Gasteiger partial charge in [-0.3, -0.25) is 4.90 Å². The van der Waals surface area contributed by atoms with Gasteiger partial charge in [-0.2, -0.15) is 0 Å². The second-order valence-electron chi connectivity index (χ2n) is 5.35. The summed E-state index contributed by atoms with van der Waals surface area (Å²) in [6.45, 7) is 4.14. The molecule has 1 atom stereocenters. The van der Waals surface area contributed by atoms with E-state index in [1.165, 1.54) is 0 Å². The molecule has 0 fully saturated rings. The summed E-state index contributed by atoms with van der Waals surface area (Å²) in [6.07, 6.45) is 1.20. The highest BCUT2D eigenvalue weighted by atomic mass is 16.5. The van der Waals surface area contributed by atoms with Gasteiger partial charge < -0.3 is 14.3 Å². The van der Waals surface area contributed by atoms with Crippen molar-refractivity contribution >= 4 is 0 Å². The van der Waals surface area contributed by atoms with E-state index in [-0.39, 0.29) is 0 Å². The number of benzene rings is 1. The molecular weight excluding hydrogens is 266 g/mol. The van der Waals surface area contributed by atoms with Crippen LogP contribution in [0.15, 0.2) is 47.1 Å². The zero-order valence-corrected chi connectivity index (χ0v) is 12.7. The van der Waals surface area contributed by atoms with Crippen molar-refractivity contribution in [3.63, 3.8) is 0 Å². The average molecular weight is 289 g/mol. The molecule has 0 spiro atoms. The third kappa shape index (κ3) is 5.34. The highest BCUT2D eigenvalue weighted by Crippen LogP contribution is 2.11. The number of nitrogens with zero attached hydrogens (tertiary/aromatic N) is 1. The molecule has 0 saturated heterocycles. The monoisotopic (exact) mass is 289 g/mol. The Morgan fingerprint density at radius 2 is 2.00 bits per heavy atom. The number of aliphatic hydroxyl groups excluding tert-OH is 1. The van der Waals surface area contributed by atoms with Crippen LogP contribution in [-0.4, -0.2) is 36.3 Å². The third-order valence-corrected chi connectivity index (χ3v) is 3.35. The molecule has 0 saturated carbocycles. The minimum absolute atomic E-state index is 0.337. The number of ether oxygens (including phenoxy) is 1. The molecule has 1 heterocycles. The zero-order valence-electron chi connectivity index (χ0n) is 12.7. The number of likely N-dealkylation sites (N-methyl/N-ethyl adjacent to an activating group) is 1. The number of rotatable bonds is 8. The first-order chi connectivity index (χ1) is 10.1. The summed E-state index contributed by atoms with van der Waals surface area (Å²) >= 11 is 0. The van der Waals surface area contributed by atoms with Gasteiger partial charge in [-0.1, -0.05) is 30.3 Å². The summed E-state index contributed by atoms with van der Waals surface area (Å²) in [5.41, 5.74) is 2.27. The standard InChI is InChI=1S/C17H23NO3/c1-14-16(8-9-21-14)10-18(2)11-17(19)13-20-12-15-6-4-3-5-7-15/h3-9,17,19H,10-13H2,1-2H3. The highest BCUT2D eigenvalue weighted by molar-refractivity contribution is 5.15. The summed E-state index contributed by atoms with van der Waals surface area (Å²) in [5, 5.41) is 10.0. The van der Waals surface area contributed by atoms with Crippen LogP contribution in [0, 0.1) is 6.92 Å². The van der Waals surface area contributed by atoms with E-state index in [1.807, 2.05) is 50.4 Å². The summed E-state index contributed by atoms with van der Waals surface area (Å²) < 4.78 is 10.8. The van der Waals surface area contributed by atoms with Crippen LogP contribution in [0.5, 0.6) is 0 Å². The fourth-order valence-corrected chi connectivity index (χ4v) is 2.23. The predicted octanol–water partition coefficient (Wildman–Crippen LogP) is 2.60. The Morgan fingerprint density at radius 1 is 1.24 bits per heavy atom. The topological polar surface area (TPSA) is 45.8 Å². The molecule has 1 unspecified atom stereocenters. The van der Waals surface area contributed by atoms with Gasteiger partial charge in [0.15, 0.2) is 0 Å². The predicted molar refractivity (Wildman–Crippen MR) is 81.9 cm³/mol. The Morgan fingerprint density at radius 3 is 2.67 bits per heavy atom. The fraction of sp³-hybridized carbons (Fsp3) is 0.412. The van der Waals surface area contributed by atoms with Gasteiger partial charge in [0.05, 0.1) is 25.6 Å². The molecule has 21 heavy (non-hydrogen) atoms. The quantitative estimate of drug-likeness (QED) is 0.811. The maximum atomic E-state index is 10.0. The Hall–Kier alpha value is -1.62. The smallest absolute Gasteiger partial charge is 0.105 e. The lowest BCUT2D eigenvalue weighted by Gasteiger charge is -2.20. The van der Waals surface area contributed by atoms with Crippen LogP contribution in [-0.2, 0) is 17.9 Å². The molecular formula is C17H23NO3. The number of hydrogen-bond donors (Lipinski definition) is 1. The first-order valence-electron chi connectivity index (χ1n) is 7.16. The van der Waals surface area contributed by atoms with Gasteiger partial charge in [-0.05, 0) is 25.6 Å². The van der Waals surface area contributed by atoms with Crippen LogP contribution < -0.4 is 0 Å².